The molecule has 2 amide bonds. The average Bonchev–Trinajstić information content (AvgIpc) is 3.44. The van der Waals surface area contributed by atoms with Gasteiger partial charge in [0.25, 0.3) is 0 Å². The minimum absolute atomic E-state index is 0. The fraction of sp³-hybridized carbons (Fsp3) is 0.878. The van der Waals surface area contributed by atoms with Crippen LogP contribution in [0.5, 0.6) is 0 Å². The van der Waals surface area contributed by atoms with Crippen LogP contribution in [0.1, 0.15) is 70.6 Å². The van der Waals surface area contributed by atoms with Gasteiger partial charge in [-0.05, 0) is 89.0 Å². The quantitative estimate of drug-likeness (QED) is 0.0252. The van der Waals surface area contributed by atoms with Crippen LogP contribution >= 0.6 is 0 Å². The molecule has 26 nitrogen and oxygen atoms in total. The van der Waals surface area contributed by atoms with Crippen molar-refractivity contribution in [2.45, 2.75) is 127 Å². The molecule has 0 saturated carbocycles. The van der Waals surface area contributed by atoms with Crippen molar-refractivity contribution < 1.29 is 149 Å². The van der Waals surface area contributed by atoms with Crippen molar-refractivity contribution in [2.24, 2.45) is 0 Å². The van der Waals surface area contributed by atoms with E-state index in [1.807, 2.05) is 40.9 Å². The number of carbonyl (C=O) groups excluding carboxylic acids is 6. The predicted octanol–water partition coefficient (Wildman–Crippen LogP) is 1.96. The van der Waals surface area contributed by atoms with Crippen LogP contribution in [-0.2, 0) is 134 Å². The Morgan fingerprint density at radius 3 is 0.795 bits per heavy atom. The monoisotopic (exact) mass is 1410 g/mol. The molecule has 0 aliphatic rings. The number of ether oxygens (including phenoxy) is 4. The molecule has 0 rings (SSSR count). The Hall–Kier alpha value is -1.10. The second kappa shape index (κ2) is 50.7. The van der Waals surface area contributed by atoms with E-state index < -0.39 is 66.9 Å². The van der Waals surface area contributed by atoms with Gasteiger partial charge in [-0.2, -0.15) is 0 Å². The molecule has 0 spiro atoms. The average molecular weight is 1410 g/mol. The fourth-order valence-corrected chi connectivity index (χ4v) is 13.8. The third kappa shape index (κ3) is 46.7. The van der Waals surface area contributed by atoms with E-state index in [0.717, 1.165) is 0 Å². The van der Waals surface area contributed by atoms with Crippen molar-refractivity contribution >= 4 is 78.7 Å². The number of rotatable bonds is 52. The first-order valence-electron chi connectivity index (χ1n) is 27.7. The van der Waals surface area contributed by atoms with Gasteiger partial charge in [0.1, 0.15) is 0 Å². The van der Waals surface area contributed by atoms with Crippen LogP contribution in [0.25, 0.3) is 0 Å². The molecule has 83 heavy (non-hydrogen) atoms. The molecular weight excluding hydrogens is 1300 g/mol. The van der Waals surface area contributed by atoms with Crippen LogP contribution in [0.2, 0.25) is 56.4 Å². The van der Waals surface area contributed by atoms with Crippen molar-refractivity contribution in [3.63, 3.8) is 0 Å². The molecule has 494 valence electrons. The normalized spacial score (nSPS) is 12.1. The van der Waals surface area contributed by atoms with Gasteiger partial charge in [0.05, 0.1) is 52.1 Å². The molecule has 0 bridgehead atoms. The molecule has 0 unspecified atom stereocenters. The van der Waals surface area contributed by atoms with Crippen molar-refractivity contribution in [1.29, 1.82) is 0 Å². The zero-order valence-electron chi connectivity index (χ0n) is 51.5. The van der Waals surface area contributed by atoms with Gasteiger partial charge in [-0.3, -0.25) is 28.8 Å². The maximum Gasteiger partial charge on any atom is 0.492 e. The number of esters is 4. The van der Waals surface area contributed by atoms with E-state index in [4.69, 9.17) is 54.4 Å². The van der Waals surface area contributed by atoms with Crippen LogP contribution in [-0.4, -0.2) is 263 Å². The Balaban J connectivity index is -0.0000104. The van der Waals surface area contributed by atoms with Gasteiger partial charge in [-0.15, -0.1) is 0 Å². The summed E-state index contributed by atoms with van der Waals surface area (Å²) >= 11 is 0. The molecular formula is C49H103Fe3N5O21Si5. The molecule has 0 aliphatic heterocycles. The fourth-order valence-electron chi connectivity index (χ4n) is 7.70. The topological polar surface area (TPSA) is 308 Å². The molecule has 0 aromatic rings. The Labute approximate surface area is 531 Å². The number of hydrogen-bond donors (Lipinski definition) is 5. The van der Waals surface area contributed by atoms with Crippen LogP contribution in [0.3, 0.4) is 0 Å². The summed E-state index contributed by atoms with van der Waals surface area (Å²) in [6, 6.07) is 2.37. The van der Waals surface area contributed by atoms with Gasteiger partial charge in [0.2, 0.25) is 11.8 Å². The summed E-state index contributed by atoms with van der Waals surface area (Å²) in [6.07, 6.45) is 2.80. The van der Waals surface area contributed by atoms with Crippen LogP contribution in [0.15, 0.2) is 0 Å². The van der Waals surface area contributed by atoms with Gasteiger partial charge in [0.15, 0.2) is 0 Å². The maximum atomic E-state index is 13.2. The van der Waals surface area contributed by atoms with Gasteiger partial charge in [-0.1, -0.05) is 0 Å². The van der Waals surface area contributed by atoms with Crippen LogP contribution in [0.4, 0.5) is 0 Å². The summed E-state index contributed by atoms with van der Waals surface area (Å²) in [7, 11) is -0.757. The Morgan fingerprint density at radius 2 is 0.566 bits per heavy atom. The number of hydrogen-bond acceptors (Lipinski definition) is 24. The largest absolute Gasteiger partial charge is 0.492 e. The van der Waals surface area contributed by atoms with Crippen LogP contribution in [0, 0.1) is 0 Å². The zero-order chi connectivity index (χ0) is 60.5. The predicted molar refractivity (Wildman–Crippen MR) is 309 cm³/mol. The van der Waals surface area contributed by atoms with Gasteiger partial charge in [0, 0.05) is 192 Å². The third-order valence-corrected chi connectivity index (χ3v) is 26.9. The second-order valence-corrected chi connectivity index (χ2v) is 36.5. The smallest absolute Gasteiger partial charge is 0.466 e. The van der Waals surface area contributed by atoms with E-state index in [0.29, 0.717) is 62.9 Å². The van der Waals surface area contributed by atoms with Crippen molar-refractivity contribution in [2.75, 3.05) is 155 Å². The summed E-state index contributed by atoms with van der Waals surface area (Å²) in [5.41, 5.74) is 0. The van der Waals surface area contributed by atoms with E-state index in [1.54, 1.807) is 56.9 Å². The molecule has 34 heteroatoms. The molecule has 0 aliphatic carbocycles. The zero-order valence-corrected chi connectivity index (χ0v) is 59.8. The Kier molecular flexibility index (Phi) is 54.0. The van der Waals surface area contributed by atoms with Crippen molar-refractivity contribution in [3.8, 4) is 0 Å². The molecule has 0 fully saturated rings. The molecule has 0 aromatic carbocycles. The van der Waals surface area contributed by atoms with Gasteiger partial charge in [-0.25, -0.2) is 0 Å². The Bertz CT molecular complexity index is 1540. The standard InChI is InChI=1S/C49H103N5O21Si5.3Fe/c1-64-76(9,65-2)39-14-35-72-46(57)20-29-53(30-21-47(58)73-36-15-40-77(10,66-3)67-4)33-24-50-44(55)18-27-52(26-13-43-80(61,62)63)28-19-45(56)51-25-34-54(31-22-48(59)74-37-16-41-78(11,68-5)69-6)32-23-49(60)75-38-17-42-79(12,70-7)71-8;;;/h61-63H,13-43H2,1-12H3,(H,50,55)(H,51,56);;;. The molecule has 0 aromatic heterocycles. The first-order valence-corrected chi connectivity index (χ1v) is 39.9. The van der Waals surface area contributed by atoms with Crippen LogP contribution < -0.4 is 10.6 Å². The first kappa shape index (κ1) is 88.3. The van der Waals surface area contributed by atoms with E-state index in [1.165, 1.54) is 0 Å². The van der Waals surface area contributed by atoms with Crippen molar-refractivity contribution in [1.82, 2.24) is 25.3 Å². The van der Waals surface area contributed by atoms with E-state index in [9.17, 15) is 43.2 Å². The van der Waals surface area contributed by atoms with Crippen molar-refractivity contribution in [3.05, 3.63) is 0 Å². The SMILES string of the molecule is CO[Si](C)(CCCOC(=O)CCN(CCNC(=O)CCN(CCC[Si](O)(O)O)CCC(=O)NCCN(CCC(=O)OCCC[Si](C)(OC)OC)CCC(=O)OCCC[Si](C)(OC)OC)CCC(=O)OCCC[Si](C)(OC)OC)OC.[Fe].[Fe].[Fe]. The molecule has 0 saturated heterocycles. The molecule has 0 heterocycles. The van der Waals surface area contributed by atoms with E-state index in [-0.39, 0.29) is 199 Å². The van der Waals surface area contributed by atoms with E-state index >= 15 is 0 Å². The second-order valence-electron chi connectivity index (χ2n) is 20.1. The summed E-state index contributed by atoms with van der Waals surface area (Å²) in [4.78, 5) is 112. The summed E-state index contributed by atoms with van der Waals surface area (Å²) < 4.78 is 65.8. The summed E-state index contributed by atoms with van der Waals surface area (Å²) in [6.45, 7) is 11.3. The maximum absolute atomic E-state index is 13.2. The summed E-state index contributed by atoms with van der Waals surface area (Å²) in [5.74, 6) is -2.22. The number of nitrogens with one attached hydrogen (secondary N) is 2. The Morgan fingerprint density at radius 1 is 0.337 bits per heavy atom. The third-order valence-electron chi connectivity index (χ3n) is 13.9. The molecule has 0 radical (unpaired) electrons. The minimum atomic E-state index is -4.34. The first-order chi connectivity index (χ1) is 37.8. The summed E-state index contributed by atoms with van der Waals surface area (Å²) in [5, 5.41) is 5.78. The number of nitrogens with zero attached hydrogens (tertiary/aromatic N) is 3. The molecule has 0 atom stereocenters. The van der Waals surface area contributed by atoms with Gasteiger partial charge < -0.3 is 94.1 Å². The van der Waals surface area contributed by atoms with E-state index in [2.05, 4.69) is 10.6 Å². The van der Waals surface area contributed by atoms with Gasteiger partial charge >= 0.3 is 66.9 Å². The molecule has 5 N–H and O–H groups in total. The number of carbonyl (C=O) groups is 6. The minimum Gasteiger partial charge on any atom is -0.466 e. The number of amides is 2.